The molecule has 0 bridgehead atoms. The van der Waals surface area contributed by atoms with E-state index >= 15 is 0 Å². The van der Waals surface area contributed by atoms with Gasteiger partial charge in [0.15, 0.2) is 0 Å². The third-order valence-corrected chi connectivity index (χ3v) is 2.06. The fourth-order valence-electron chi connectivity index (χ4n) is 1.01. The number of hydrogen-bond acceptors (Lipinski definition) is 3. The van der Waals surface area contributed by atoms with Crippen LogP contribution in [0.15, 0.2) is 23.4 Å². The molecule has 0 heterocycles. The standard InChI is InChI=1S/C9H6ClF3N2O2/c10-6-2-1-5(9(11,12)13)3-7(6)15-8(16)4-14-17/h1-4,17H,(H,15,16). The molecular weight excluding hydrogens is 261 g/mol. The number of halogens is 4. The summed E-state index contributed by atoms with van der Waals surface area (Å²) in [6.07, 6.45) is -4.04. The van der Waals surface area contributed by atoms with E-state index in [9.17, 15) is 18.0 Å². The zero-order valence-electron chi connectivity index (χ0n) is 8.12. The van der Waals surface area contributed by atoms with Gasteiger partial charge in [-0.05, 0) is 18.2 Å². The molecule has 17 heavy (non-hydrogen) atoms. The SMILES string of the molecule is O=C(C=NO)Nc1cc(C(F)(F)F)ccc1Cl. The minimum atomic E-state index is -4.53. The summed E-state index contributed by atoms with van der Waals surface area (Å²) in [6, 6.07) is 2.49. The van der Waals surface area contributed by atoms with Gasteiger partial charge in [-0.1, -0.05) is 16.8 Å². The molecule has 0 fully saturated rings. The third kappa shape index (κ3) is 3.63. The van der Waals surface area contributed by atoms with Crippen molar-refractivity contribution in [1.82, 2.24) is 0 Å². The van der Waals surface area contributed by atoms with Crippen molar-refractivity contribution in [3.8, 4) is 0 Å². The van der Waals surface area contributed by atoms with Gasteiger partial charge in [0.25, 0.3) is 5.91 Å². The molecule has 0 aliphatic rings. The first-order valence-corrected chi connectivity index (χ1v) is 4.57. The van der Waals surface area contributed by atoms with E-state index in [-0.39, 0.29) is 10.7 Å². The smallest absolute Gasteiger partial charge is 0.411 e. The van der Waals surface area contributed by atoms with Crippen molar-refractivity contribution in [2.75, 3.05) is 5.32 Å². The van der Waals surface area contributed by atoms with Gasteiger partial charge in [-0.25, -0.2) is 0 Å². The average molecular weight is 267 g/mol. The first-order chi connectivity index (χ1) is 7.84. The van der Waals surface area contributed by atoms with Crippen LogP contribution in [0.25, 0.3) is 0 Å². The van der Waals surface area contributed by atoms with E-state index in [1.54, 1.807) is 0 Å². The molecule has 2 N–H and O–H groups in total. The molecular formula is C9H6ClF3N2O2. The van der Waals surface area contributed by atoms with E-state index in [1.807, 2.05) is 5.32 Å². The summed E-state index contributed by atoms with van der Waals surface area (Å²) in [5, 5.41) is 12.5. The Labute approximate surface area is 98.7 Å². The number of alkyl halides is 3. The monoisotopic (exact) mass is 266 g/mol. The van der Waals surface area contributed by atoms with Crippen LogP contribution in [-0.4, -0.2) is 17.3 Å². The average Bonchev–Trinajstić information content (AvgIpc) is 2.20. The summed E-state index contributed by atoms with van der Waals surface area (Å²) in [4.78, 5) is 11.0. The van der Waals surface area contributed by atoms with E-state index in [1.165, 1.54) is 0 Å². The Bertz CT molecular complexity index is 460. The Morgan fingerprint density at radius 2 is 2.12 bits per heavy atom. The molecule has 0 atom stereocenters. The predicted octanol–water partition coefficient (Wildman–Crippen LogP) is 2.76. The Morgan fingerprint density at radius 1 is 1.47 bits per heavy atom. The lowest BCUT2D eigenvalue weighted by molar-refractivity contribution is -0.137. The van der Waals surface area contributed by atoms with Crippen LogP contribution < -0.4 is 5.32 Å². The summed E-state index contributed by atoms with van der Waals surface area (Å²) in [7, 11) is 0. The normalized spacial score (nSPS) is 11.8. The number of carbonyl (C=O) groups is 1. The second-order valence-electron chi connectivity index (χ2n) is 2.93. The molecule has 0 saturated carbocycles. The van der Waals surface area contributed by atoms with Gasteiger partial charge < -0.3 is 10.5 Å². The maximum absolute atomic E-state index is 12.4. The summed E-state index contributed by atoms with van der Waals surface area (Å²) >= 11 is 5.60. The van der Waals surface area contributed by atoms with E-state index < -0.39 is 17.6 Å². The quantitative estimate of drug-likeness (QED) is 0.491. The first-order valence-electron chi connectivity index (χ1n) is 4.19. The highest BCUT2D eigenvalue weighted by Gasteiger charge is 2.31. The fraction of sp³-hybridized carbons (Fsp3) is 0.111. The summed E-state index contributed by atoms with van der Waals surface area (Å²) in [5.41, 5.74) is -1.16. The lowest BCUT2D eigenvalue weighted by atomic mass is 10.2. The largest absolute Gasteiger partial charge is 0.416 e. The highest BCUT2D eigenvalue weighted by molar-refractivity contribution is 6.36. The maximum atomic E-state index is 12.4. The van der Waals surface area contributed by atoms with Crippen molar-refractivity contribution in [3.63, 3.8) is 0 Å². The molecule has 0 aromatic heterocycles. The predicted molar refractivity (Wildman–Crippen MR) is 55.4 cm³/mol. The van der Waals surface area contributed by atoms with E-state index in [0.717, 1.165) is 12.1 Å². The Hall–Kier alpha value is -1.76. The van der Waals surface area contributed by atoms with Gasteiger partial charge in [-0.15, -0.1) is 0 Å². The molecule has 1 rings (SSSR count). The van der Waals surface area contributed by atoms with Gasteiger partial charge in [0.1, 0.15) is 6.21 Å². The lowest BCUT2D eigenvalue weighted by Crippen LogP contribution is -2.14. The minimum Gasteiger partial charge on any atom is -0.411 e. The van der Waals surface area contributed by atoms with Crippen molar-refractivity contribution >= 4 is 29.4 Å². The van der Waals surface area contributed by atoms with Gasteiger partial charge in [0.2, 0.25) is 0 Å². The molecule has 8 heteroatoms. The Morgan fingerprint density at radius 3 is 2.65 bits per heavy atom. The number of carbonyl (C=O) groups excluding carboxylic acids is 1. The van der Waals surface area contributed by atoms with Crippen molar-refractivity contribution < 1.29 is 23.2 Å². The van der Waals surface area contributed by atoms with Gasteiger partial charge in [0, 0.05) is 0 Å². The van der Waals surface area contributed by atoms with Crippen LogP contribution >= 0.6 is 11.6 Å². The third-order valence-electron chi connectivity index (χ3n) is 1.73. The molecule has 92 valence electrons. The van der Waals surface area contributed by atoms with E-state index in [4.69, 9.17) is 16.8 Å². The second kappa shape index (κ2) is 5.05. The van der Waals surface area contributed by atoms with Crippen molar-refractivity contribution in [1.29, 1.82) is 0 Å². The number of anilines is 1. The molecule has 0 unspecified atom stereocenters. The van der Waals surface area contributed by atoms with Crippen LogP contribution in [0.1, 0.15) is 5.56 Å². The van der Waals surface area contributed by atoms with Gasteiger partial charge in [-0.3, -0.25) is 4.79 Å². The topological polar surface area (TPSA) is 61.7 Å². The molecule has 0 saturated heterocycles. The Balaban J connectivity index is 3.03. The van der Waals surface area contributed by atoms with E-state index in [0.29, 0.717) is 12.3 Å². The van der Waals surface area contributed by atoms with Gasteiger partial charge >= 0.3 is 6.18 Å². The molecule has 0 spiro atoms. The number of hydrogen-bond donors (Lipinski definition) is 2. The van der Waals surface area contributed by atoms with Crippen LogP contribution in [0.5, 0.6) is 0 Å². The molecule has 0 radical (unpaired) electrons. The molecule has 0 aliphatic carbocycles. The van der Waals surface area contributed by atoms with Crippen LogP contribution in [0, 0.1) is 0 Å². The summed E-state index contributed by atoms with van der Waals surface area (Å²) in [5.74, 6) is -0.895. The van der Waals surface area contributed by atoms with Crippen LogP contribution in [0.3, 0.4) is 0 Å². The lowest BCUT2D eigenvalue weighted by Gasteiger charge is -2.10. The van der Waals surface area contributed by atoms with Crippen molar-refractivity contribution in [2.24, 2.45) is 5.16 Å². The molecule has 1 aromatic rings. The summed E-state index contributed by atoms with van der Waals surface area (Å²) in [6.45, 7) is 0. The minimum absolute atomic E-state index is 0.0577. The highest BCUT2D eigenvalue weighted by atomic mass is 35.5. The summed E-state index contributed by atoms with van der Waals surface area (Å²) < 4.78 is 37.1. The van der Waals surface area contributed by atoms with Gasteiger partial charge in [0.05, 0.1) is 16.3 Å². The molecule has 4 nitrogen and oxygen atoms in total. The molecule has 1 aromatic carbocycles. The van der Waals surface area contributed by atoms with Crippen molar-refractivity contribution in [2.45, 2.75) is 6.18 Å². The number of oxime groups is 1. The number of nitrogens with zero attached hydrogens (tertiary/aromatic N) is 1. The molecule has 1 amide bonds. The van der Waals surface area contributed by atoms with Crippen LogP contribution in [-0.2, 0) is 11.0 Å². The maximum Gasteiger partial charge on any atom is 0.416 e. The zero-order valence-corrected chi connectivity index (χ0v) is 8.88. The zero-order chi connectivity index (χ0) is 13.1. The van der Waals surface area contributed by atoms with Crippen LogP contribution in [0.4, 0.5) is 18.9 Å². The van der Waals surface area contributed by atoms with Gasteiger partial charge in [-0.2, -0.15) is 13.2 Å². The highest BCUT2D eigenvalue weighted by Crippen LogP contribution is 2.33. The number of benzene rings is 1. The second-order valence-corrected chi connectivity index (χ2v) is 3.33. The van der Waals surface area contributed by atoms with Crippen LogP contribution in [0.2, 0.25) is 5.02 Å². The fourth-order valence-corrected chi connectivity index (χ4v) is 1.18. The van der Waals surface area contributed by atoms with Crippen molar-refractivity contribution in [3.05, 3.63) is 28.8 Å². The Kier molecular flexibility index (Phi) is 3.95. The molecule has 0 aliphatic heterocycles. The number of rotatable bonds is 2. The first kappa shape index (κ1) is 13.3. The van der Waals surface area contributed by atoms with E-state index in [2.05, 4.69) is 5.16 Å². The number of amides is 1. The number of nitrogens with one attached hydrogen (secondary N) is 1.